The standard InChI is InChI=1S/C24H33ClN2/c1-4-21(19(2)3)22-10-6-5-9-20(22)13-14-26-15-17-27(18-16-26)24-12-8-7-11-23(24)25/h5-12,19,21H,4,13-18H2,1-3H3. The molecule has 1 aliphatic heterocycles. The van der Waals surface area contributed by atoms with Crippen LogP contribution in [0.15, 0.2) is 48.5 Å². The number of anilines is 1. The molecule has 1 saturated heterocycles. The summed E-state index contributed by atoms with van der Waals surface area (Å²) < 4.78 is 0. The maximum Gasteiger partial charge on any atom is 0.0639 e. The Balaban J connectivity index is 1.57. The van der Waals surface area contributed by atoms with Gasteiger partial charge >= 0.3 is 0 Å². The van der Waals surface area contributed by atoms with E-state index in [0.29, 0.717) is 11.8 Å². The number of para-hydroxylation sites is 1. The van der Waals surface area contributed by atoms with Gasteiger partial charge < -0.3 is 4.90 Å². The van der Waals surface area contributed by atoms with Crippen molar-refractivity contribution in [2.24, 2.45) is 5.92 Å². The van der Waals surface area contributed by atoms with Crippen LogP contribution in [0, 0.1) is 5.92 Å². The van der Waals surface area contributed by atoms with Crippen LogP contribution >= 0.6 is 11.6 Å². The molecule has 1 fully saturated rings. The normalized spacial score (nSPS) is 16.7. The molecule has 1 aliphatic rings. The maximum absolute atomic E-state index is 6.37. The molecule has 0 aliphatic carbocycles. The van der Waals surface area contributed by atoms with Crippen molar-refractivity contribution in [3.63, 3.8) is 0 Å². The molecule has 2 aromatic carbocycles. The van der Waals surface area contributed by atoms with Crippen LogP contribution in [-0.2, 0) is 6.42 Å². The molecular formula is C24H33ClN2. The van der Waals surface area contributed by atoms with Crippen LogP contribution < -0.4 is 4.90 Å². The first kappa shape index (κ1) is 20.2. The number of piperazine rings is 1. The van der Waals surface area contributed by atoms with Gasteiger partial charge in [-0.05, 0) is 47.9 Å². The van der Waals surface area contributed by atoms with Crippen LogP contribution in [0.1, 0.15) is 44.2 Å². The van der Waals surface area contributed by atoms with E-state index in [-0.39, 0.29) is 0 Å². The molecular weight excluding hydrogens is 352 g/mol. The molecule has 2 aromatic rings. The predicted octanol–water partition coefficient (Wildman–Crippen LogP) is 5.85. The molecule has 0 spiro atoms. The van der Waals surface area contributed by atoms with Gasteiger partial charge in [0, 0.05) is 32.7 Å². The minimum absolute atomic E-state index is 0.665. The molecule has 3 heteroatoms. The average molecular weight is 385 g/mol. The van der Waals surface area contributed by atoms with Gasteiger partial charge in [0.15, 0.2) is 0 Å². The van der Waals surface area contributed by atoms with Gasteiger partial charge in [0.05, 0.1) is 10.7 Å². The quantitative estimate of drug-likeness (QED) is 0.590. The van der Waals surface area contributed by atoms with E-state index in [2.05, 4.69) is 67.0 Å². The third-order valence-electron chi connectivity index (χ3n) is 5.96. The highest BCUT2D eigenvalue weighted by Crippen LogP contribution is 2.31. The lowest BCUT2D eigenvalue weighted by molar-refractivity contribution is 0.260. The average Bonchev–Trinajstić information content (AvgIpc) is 2.68. The van der Waals surface area contributed by atoms with Crippen LogP contribution in [0.5, 0.6) is 0 Å². The van der Waals surface area contributed by atoms with Crippen LogP contribution in [0.3, 0.4) is 0 Å². The number of hydrogen-bond donors (Lipinski definition) is 0. The minimum atomic E-state index is 0.665. The first-order valence-electron chi connectivity index (χ1n) is 10.4. The highest BCUT2D eigenvalue weighted by Gasteiger charge is 2.20. The SMILES string of the molecule is CCC(c1ccccc1CCN1CCN(c2ccccc2Cl)CC1)C(C)C. The van der Waals surface area contributed by atoms with E-state index in [1.807, 2.05) is 12.1 Å². The third-order valence-corrected chi connectivity index (χ3v) is 6.28. The van der Waals surface area contributed by atoms with Crippen molar-refractivity contribution in [3.8, 4) is 0 Å². The fourth-order valence-corrected chi connectivity index (χ4v) is 4.63. The molecule has 3 rings (SSSR count). The van der Waals surface area contributed by atoms with E-state index in [9.17, 15) is 0 Å². The molecule has 2 nitrogen and oxygen atoms in total. The Morgan fingerprint density at radius 1 is 0.926 bits per heavy atom. The van der Waals surface area contributed by atoms with Crippen LogP contribution in [-0.4, -0.2) is 37.6 Å². The van der Waals surface area contributed by atoms with Crippen molar-refractivity contribution in [2.45, 2.75) is 39.5 Å². The van der Waals surface area contributed by atoms with Gasteiger partial charge in [0.2, 0.25) is 0 Å². The highest BCUT2D eigenvalue weighted by atomic mass is 35.5. The zero-order chi connectivity index (χ0) is 19.2. The number of benzene rings is 2. The van der Waals surface area contributed by atoms with Crippen molar-refractivity contribution in [2.75, 3.05) is 37.6 Å². The van der Waals surface area contributed by atoms with Crippen molar-refractivity contribution in [3.05, 3.63) is 64.7 Å². The fraction of sp³-hybridized carbons (Fsp3) is 0.500. The van der Waals surface area contributed by atoms with Crippen molar-refractivity contribution in [1.29, 1.82) is 0 Å². The van der Waals surface area contributed by atoms with Gasteiger partial charge in [0.1, 0.15) is 0 Å². The van der Waals surface area contributed by atoms with Crippen molar-refractivity contribution in [1.82, 2.24) is 4.90 Å². The smallest absolute Gasteiger partial charge is 0.0639 e. The zero-order valence-corrected chi connectivity index (χ0v) is 17.8. The van der Waals surface area contributed by atoms with E-state index < -0.39 is 0 Å². The largest absolute Gasteiger partial charge is 0.368 e. The fourth-order valence-electron chi connectivity index (χ4n) is 4.37. The second kappa shape index (κ2) is 9.61. The Bertz CT molecular complexity index is 720. The van der Waals surface area contributed by atoms with E-state index >= 15 is 0 Å². The summed E-state index contributed by atoms with van der Waals surface area (Å²) in [5.74, 6) is 1.36. The summed E-state index contributed by atoms with van der Waals surface area (Å²) in [5, 5.41) is 0.860. The summed E-state index contributed by atoms with van der Waals surface area (Å²) in [6.45, 7) is 12.5. The third kappa shape index (κ3) is 5.06. The molecule has 0 aromatic heterocycles. The first-order chi connectivity index (χ1) is 13.1. The van der Waals surface area contributed by atoms with Gasteiger partial charge in [-0.2, -0.15) is 0 Å². The number of nitrogens with zero attached hydrogens (tertiary/aromatic N) is 2. The summed E-state index contributed by atoms with van der Waals surface area (Å²) in [6.07, 6.45) is 2.36. The molecule has 0 amide bonds. The van der Waals surface area contributed by atoms with E-state index in [1.54, 1.807) is 5.56 Å². The van der Waals surface area contributed by atoms with E-state index in [4.69, 9.17) is 11.6 Å². The van der Waals surface area contributed by atoms with Gasteiger partial charge in [0.25, 0.3) is 0 Å². The Kier molecular flexibility index (Phi) is 7.20. The molecule has 0 N–H and O–H groups in total. The van der Waals surface area contributed by atoms with Crippen molar-refractivity contribution >= 4 is 17.3 Å². The molecule has 27 heavy (non-hydrogen) atoms. The molecule has 1 atom stereocenters. The minimum Gasteiger partial charge on any atom is -0.368 e. The van der Waals surface area contributed by atoms with Gasteiger partial charge in [-0.25, -0.2) is 0 Å². The van der Waals surface area contributed by atoms with Gasteiger partial charge in [-0.15, -0.1) is 0 Å². The lowest BCUT2D eigenvalue weighted by atomic mass is 9.83. The molecule has 0 bridgehead atoms. The van der Waals surface area contributed by atoms with Crippen LogP contribution in [0.2, 0.25) is 5.02 Å². The Labute approximate surface area is 170 Å². The topological polar surface area (TPSA) is 6.48 Å². The monoisotopic (exact) mass is 384 g/mol. The van der Waals surface area contributed by atoms with E-state index in [0.717, 1.165) is 44.2 Å². The Morgan fingerprint density at radius 3 is 2.26 bits per heavy atom. The van der Waals surface area contributed by atoms with Crippen LogP contribution in [0.4, 0.5) is 5.69 Å². The molecule has 1 heterocycles. The maximum atomic E-state index is 6.37. The van der Waals surface area contributed by atoms with Crippen LogP contribution in [0.25, 0.3) is 0 Å². The second-order valence-electron chi connectivity index (χ2n) is 7.99. The lowest BCUT2D eigenvalue weighted by Gasteiger charge is -2.36. The van der Waals surface area contributed by atoms with Gasteiger partial charge in [-0.1, -0.05) is 68.8 Å². The summed E-state index contributed by atoms with van der Waals surface area (Å²) in [6, 6.07) is 17.3. The number of rotatable bonds is 7. The number of hydrogen-bond acceptors (Lipinski definition) is 2. The van der Waals surface area contributed by atoms with E-state index in [1.165, 1.54) is 17.7 Å². The molecule has 0 saturated carbocycles. The predicted molar refractivity (Wildman–Crippen MR) is 118 cm³/mol. The first-order valence-corrected chi connectivity index (χ1v) is 10.8. The Hall–Kier alpha value is -1.51. The molecule has 0 radical (unpaired) electrons. The zero-order valence-electron chi connectivity index (χ0n) is 17.0. The summed E-state index contributed by atoms with van der Waals surface area (Å²) in [5.41, 5.74) is 4.27. The number of halogens is 1. The summed E-state index contributed by atoms with van der Waals surface area (Å²) in [7, 11) is 0. The lowest BCUT2D eigenvalue weighted by Crippen LogP contribution is -2.47. The van der Waals surface area contributed by atoms with Crippen molar-refractivity contribution < 1.29 is 0 Å². The second-order valence-corrected chi connectivity index (χ2v) is 8.39. The highest BCUT2D eigenvalue weighted by molar-refractivity contribution is 6.33. The summed E-state index contributed by atoms with van der Waals surface area (Å²) >= 11 is 6.37. The molecule has 146 valence electrons. The summed E-state index contributed by atoms with van der Waals surface area (Å²) in [4.78, 5) is 5.01. The molecule has 1 unspecified atom stereocenters. The van der Waals surface area contributed by atoms with Gasteiger partial charge in [-0.3, -0.25) is 4.90 Å². The Morgan fingerprint density at radius 2 is 1.59 bits per heavy atom.